The minimum absolute atomic E-state index is 0.174. The molecule has 4 aliphatic carbocycles. The van der Waals surface area contributed by atoms with Crippen molar-refractivity contribution < 1.29 is 9.39 Å². The maximum atomic E-state index is 7.32. The molecule has 5 nitrogen and oxygen atoms in total. The Morgan fingerprint density at radius 2 is 0.550 bits per heavy atom. The van der Waals surface area contributed by atoms with E-state index in [0.717, 1.165) is 35.5 Å². The van der Waals surface area contributed by atoms with Crippen LogP contribution in [0.5, 0.6) is 0 Å². The molecule has 7 heteroatoms. The first kappa shape index (κ1) is 54.5. The molecule has 8 aromatic rings. The predicted molar refractivity (Wildman–Crippen MR) is 335 cm³/mol. The van der Waals surface area contributed by atoms with Crippen molar-refractivity contribution >= 4 is 56.0 Å². The molecule has 0 radical (unpaired) electrons. The normalized spacial score (nSPS) is 24.8. The number of hydrogen-bond donors (Lipinski definition) is 0. The van der Waals surface area contributed by atoms with Crippen LogP contribution in [-0.2, 0) is 0 Å². The molecule has 8 aromatic carbocycles. The van der Waals surface area contributed by atoms with E-state index in [1.54, 1.807) is 6.07 Å². The van der Waals surface area contributed by atoms with Gasteiger partial charge in [0.25, 0.3) is 0 Å². The van der Waals surface area contributed by atoms with Crippen molar-refractivity contribution in [3.63, 3.8) is 0 Å². The van der Waals surface area contributed by atoms with Gasteiger partial charge >= 0.3 is 0 Å². The number of benzene rings is 8. The Balaban J connectivity index is 0.000000124. The SMILES string of the molecule is CC#N.CC(C)(C)[N+]1=N[C@H]2CC[C@@H]1[C@@H]1C3CC([C@@H]4[C@H]3[C@@H]3CC[C@H]4N=[N+]3C(C)(C)C)[C@@H]12.c1ccc([B-](c2ccccc2)(c2ccccc2)c2ccccc2)cc1.c1ccc([B-](c2ccccc2)(c2ccccc2)c2ccccc2)cc1. The van der Waals surface area contributed by atoms with Crippen LogP contribution in [0.25, 0.3) is 0 Å². The number of hydrogen-bond acceptors (Lipinski definition) is 3. The summed E-state index contributed by atoms with van der Waals surface area (Å²) in [6, 6.07) is 91.4. The minimum Gasteiger partial charge on any atom is -0.199 e. The number of nitriles is 1. The zero-order chi connectivity index (χ0) is 55.5. The zero-order valence-corrected chi connectivity index (χ0v) is 48.3. The summed E-state index contributed by atoms with van der Waals surface area (Å²) in [7, 11) is 0. The summed E-state index contributed by atoms with van der Waals surface area (Å²) < 4.78 is 5.12. The van der Waals surface area contributed by atoms with Crippen LogP contribution in [0.1, 0.15) is 80.6 Å². The van der Waals surface area contributed by atoms with Crippen LogP contribution in [0.2, 0.25) is 0 Å². The molecule has 2 unspecified atom stereocenters. The third-order valence-corrected chi connectivity index (χ3v) is 19.6. The third kappa shape index (κ3) is 9.82. The second kappa shape index (κ2) is 23.0. The Bertz CT molecular complexity index is 2850. The van der Waals surface area contributed by atoms with Crippen molar-refractivity contribution in [3.8, 4) is 6.07 Å². The fourth-order valence-corrected chi connectivity index (χ4v) is 17.1. The summed E-state index contributed by atoms with van der Waals surface area (Å²) in [5.41, 5.74) is 11.1. The van der Waals surface area contributed by atoms with Crippen LogP contribution < -0.4 is 43.7 Å². The van der Waals surface area contributed by atoms with Gasteiger partial charge in [-0.2, -0.15) is 49.0 Å². The standard InChI is InChI=1S/2C24H20B.C23H38N4.C2H3N/c2*1-5-13-21(14-6-1)25(22-15-7-2-8-16-22,23-17-9-3-10-18-23)24-19-11-4-12-20-24;1-22(2,3)26-16-9-7-14(24-26)18-12-11-13(20(16)18)21-17-10-8-15(19(12)21)25-27(17)23(4,5)6;1-2-3/h2*1-20H;12-21H,7-11H2,1-6H3;1H3/q2*-1;+2;/t;;12?,13?,14-,15+,16+,17-,18+,19-,20-,21+;. The third-order valence-electron chi connectivity index (χ3n) is 19.6. The summed E-state index contributed by atoms with van der Waals surface area (Å²) in [5, 5.41) is 18.0. The van der Waals surface area contributed by atoms with Crippen LogP contribution in [0.4, 0.5) is 0 Å². The van der Waals surface area contributed by atoms with E-state index >= 15 is 0 Å². The van der Waals surface area contributed by atoms with Crippen LogP contribution in [-0.4, -0.2) is 56.9 Å². The Hall–Kier alpha value is -7.42. The predicted octanol–water partition coefficient (Wildman–Crippen LogP) is 11.4. The van der Waals surface area contributed by atoms with E-state index in [2.05, 4.69) is 294 Å². The van der Waals surface area contributed by atoms with E-state index in [1.807, 2.05) is 0 Å². The molecule has 4 aliphatic heterocycles. The highest BCUT2D eigenvalue weighted by Crippen LogP contribution is 2.69. The molecule has 80 heavy (non-hydrogen) atoms. The highest BCUT2D eigenvalue weighted by molar-refractivity contribution is 7.20. The van der Waals surface area contributed by atoms with Gasteiger partial charge in [0.2, 0.25) is 0 Å². The Morgan fingerprint density at radius 1 is 0.350 bits per heavy atom. The highest BCUT2D eigenvalue weighted by Gasteiger charge is 2.74. The summed E-state index contributed by atoms with van der Waals surface area (Å²) in [4.78, 5) is 0. The van der Waals surface area contributed by atoms with E-state index in [4.69, 9.17) is 15.5 Å². The molecule has 10 atom stereocenters. The molecule has 4 fully saturated rings. The molecule has 0 amide bonds. The van der Waals surface area contributed by atoms with Gasteiger partial charge < -0.3 is 0 Å². The summed E-state index contributed by atoms with van der Waals surface area (Å²) in [6.45, 7) is 15.6. The topological polar surface area (TPSA) is 54.5 Å². The van der Waals surface area contributed by atoms with Crippen LogP contribution in [0, 0.1) is 46.8 Å². The van der Waals surface area contributed by atoms with E-state index in [0.29, 0.717) is 24.2 Å². The fraction of sp³-hybridized carbons (Fsp3) is 0.329. The first-order valence-corrected chi connectivity index (χ1v) is 30.0. The van der Waals surface area contributed by atoms with Crippen LogP contribution in [0.15, 0.2) is 253 Å². The largest absolute Gasteiger partial charge is 0.199 e. The van der Waals surface area contributed by atoms with E-state index < -0.39 is 12.3 Å². The summed E-state index contributed by atoms with van der Waals surface area (Å²) in [6.07, 6.45) is 4.52. The second-order valence-electron chi connectivity index (χ2n) is 25.8. The van der Waals surface area contributed by atoms with Crippen molar-refractivity contribution in [1.82, 2.24) is 0 Å². The first-order chi connectivity index (χ1) is 38.9. The zero-order valence-electron chi connectivity index (χ0n) is 48.3. The fourth-order valence-electron chi connectivity index (χ4n) is 17.1. The quantitative estimate of drug-likeness (QED) is 0.111. The van der Waals surface area contributed by atoms with Gasteiger partial charge in [0, 0.05) is 73.1 Å². The monoisotopic (exact) mass is 1050 g/mol. The molecule has 8 aliphatic rings. The maximum absolute atomic E-state index is 7.32. The average Bonchev–Trinajstić information content (AvgIpc) is 4.32. The molecular weight excluding hydrogens is 968 g/mol. The first-order valence-electron chi connectivity index (χ1n) is 30.0. The van der Waals surface area contributed by atoms with Crippen LogP contribution in [0.3, 0.4) is 0 Å². The van der Waals surface area contributed by atoms with Gasteiger partial charge in [0.1, 0.15) is 24.4 Å². The Labute approximate surface area is 478 Å². The van der Waals surface area contributed by atoms with Gasteiger partial charge in [-0.15, -0.1) is 9.39 Å². The lowest BCUT2D eigenvalue weighted by Crippen LogP contribution is -2.74. The van der Waals surface area contributed by atoms with Crippen molar-refractivity contribution in [1.29, 1.82) is 5.26 Å². The van der Waals surface area contributed by atoms with Crippen LogP contribution >= 0.6 is 0 Å². The molecule has 0 saturated heterocycles. The minimum atomic E-state index is -1.22. The van der Waals surface area contributed by atoms with Crippen molar-refractivity contribution in [2.75, 3.05) is 0 Å². The number of rotatable bonds is 8. The number of fused-ring (bicyclic) bond motifs is 4. The Morgan fingerprint density at radius 3 is 0.750 bits per heavy atom. The lowest BCUT2D eigenvalue weighted by Gasteiger charge is -2.54. The second-order valence-corrected chi connectivity index (χ2v) is 25.8. The van der Waals surface area contributed by atoms with Gasteiger partial charge in [0.05, 0.1) is 6.07 Å². The molecular formula is C73H81B2N5. The molecule has 4 saturated carbocycles. The lowest BCUT2D eigenvalue weighted by molar-refractivity contribution is -0.721. The molecule has 6 bridgehead atoms. The van der Waals surface area contributed by atoms with E-state index in [9.17, 15) is 0 Å². The number of nitrogens with zero attached hydrogens (tertiary/aromatic N) is 5. The molecule has 0 aromatic heterocycles. The van der Waals surface area contributed by atoms with Crippen molar-refractivity contribution in [3.05, 3.63) is 243 Å². The van der Waals surface area contributed by atoms with Gasteiger partial charge in [-0.25, -0.2) is 0 Å². The molecule has 0 N–H and O–H groups in total. The van der Waals surface area contributed by atoms with Gasteiger partial charge in [-0.05, 0) is 53.2 Å². The molecule has 404 valence electrons. The maximum Gasteiger partial charge on any atom is 0.182 e. The highest BCUT2D eigenvalue weighted by atomic mass is 15.4. The van der Waals surface area contributed by atoms with E-state index in [-0.39, 0.29) is 11.1 Å². The van der Waals surface area contributed by atoms with Crippen molar-refractivity contribution in [2.24, 2.45) is 45.7 Å². The smallest absolute Gasteiger partial charge is 0.182 e. The summed E-state index contributed by atoms with van der Waals surface area (Å²) in [5.74, 6) is 5.44. The number of azo groups is 4. The Kier molecular flexibility index (Phi) is 15.7. The van der Waals surface area contributed by atoms with Crippen molar-refractivity contribution in [2.45, 2.75) is 116 Å². The van der Waals surface area contributed by atoms with Gasteiger partial charge in [0.15, 0.2) is 23.2 Å². The molecule has 4 heterocycles. The molecule has 0 spiro atoms. The van der Waals surface area contributed by atoms with Gasteiger partial charge in [-0.1, -0.05) is 243 Å². The average molecular weight is 1050 g/mol. The molecule has 16 rings (SSSR count). The van der Waals surface area contributed by atoms with E-state index in [1.165, 1.54) is 82.7 Å². The lowest BCUT2D eigenvalue weighted by atomic mass is 9.13. The van der Waals surface area contributed by atoms with Gasteiger partial charge in [-0.3, -0.25) is 0 Å². The summed E-state index contributed by atoms with van der Waals surface area (Å²) >= 11 is 0.